The van der Waals surface area contributed by atoms with Crippen LogP contribution >= 0.6 is 0 Å². The first-order valence-corrected chi connectivity index (χ1v) is 34.4. The van der Waals surface area contributed by atoms with Crippen molar-refractivity contribution in [2.24, 2.45) is 0 Å². The topological polar surface area (TPSA) is 359 Å². The lowest BCUT2D eigenvalue weighted by molar-refractivity contribution is -0.123. The third-order valence-electron chi connectivity index (χ3n) is 16.1. The lowest BCUT2D eigenvalue weighted by atomic mass is 10.1. The van der Waals surface area contributed by atoms with Gasteiger partial charge in [-0.15, -0.1) is 18.9 Å². The summed E-state index contributed by atoms with van der Waals surface area (Å²) in [5.74, 6) is -6.09. The van der Waals surface area contributed by atoms with Crippen molar-refractivity contribution < 1.29 is 67.2 Å². The Bertz CT molecular complexity index is 4600. The highest BCUT2D eigenvalue weighted by Crippen LogP contribution is 2.14. The largest absolute Gasteiger partial charge is 0.444 e. The summed E-state index contributed by atoms with van der Waals surface area (Å²) < 4.78 is 13.9. The maximum Gasteiger partial charge on any atom is 0.407 e. The summed E-state index contributed by atoms with van der Waals surface area (Å²) in [7, 11) is 0. The van der Waals surface area contributed by atoms with E-state index in [1.54, 1.807) is 130 Å². The SMILES string of the molecule is CC(C)(C)OC(=O)NCCOCCNC(=O)C1CNC(=O)c2ccc(n(OCc3ccccc3)c2=O)C(=O)NCCCN(C(=O)c2cccc(=O)n2OCc2ccccc2)CCCCN(C(=O)c2cccc(=O)n2OCc2ccccc2)CCCNC(=O)c2ccc(c(=O)n2OCc2ccccc2)C(=O)N1. The van der Waals surface area contributed by atoms with Crippen molar-refractivity contribution in [1.29, 1.82) is 0 Å². The van der Waals surface area contributed by atoms with Crippen molar-refractivity contribution in [3.05, 3.63) is 280 Å². The van der Waals surface area contributed by atoms with Crippen LogP contribution < -0.4 is 73.5 Å². The first-order valence-electron chi connectivity index (χ1n) is 34.4. The molecule has 30 nitrogen and oxygen atoms in total. The molecule has 1 atom stereocenters. The molecule has 0 fully saturated rings. The summed E-state index contributed by atoms with van der Waals surface area (Å²) in [6.07, 6.45) is -0.0455. The molecule has 7 heterocycles. The van der Waals surface area contributed by atoms with E-state index in [1.807, 2.05) is 12.1 Å². The fraction of sp³-hybridized carbons (Fsp3) is 0.316. The highest BCUT2D eigenvalue weighted by atomic mass is 16.7. The van der Waals surface area contributed by atoms with Gasteiger partial charge in [0.05, 0.1) is 13.2 Å². The van der Waals surface area contributed by atoms with Crippen molar-refractivity contribution in [3.8, 4) is 0 Å². The number of alkyl carbamates (subject to hydrolysis) is 1. The average Bonchev–Trinajstić information content (AvgIpc) is 0.811. The number of hydrogen-bond donors (Lipinski definition) is 6. The van der Waals surface area contributed by atoms with Gasteiger partial charge in [0.1, 0.15) is 72.0 Å². The van der Waals surface area contributed by atoms with Crippen molar-refractivity contribution in [3.63, 3.8) is 0 Å². The van der Waals surface area contributed by atoms with Crippen LogP contribution in [-0.4, -0.2) is 160 Å². The van der Waals surface area contributed by atoms with Crippen molar-refractivity contribution in [2.75, 3.05) is 72.1 Å². The smallest absolute Gasteiger partial charge is 0.407 e. The van der Waals surface area contributed by atoms with Crippen LogP contribution in [0, 0.1) is 0 Å². The highest BCUT2D eigenvalue weighted by molar-refractivity contribution is 6.00. The maximum atomic E-state index is 14.9. The summed E-state index contributed by atoms with van der Waals surface area (Å²) in [4.78, 5) is 197. The Balaban J connectivity index is 1.05. The summed E-state index contributed by atoms with van der Waals surface area (Å²) in [6, 6.07) is 46.1. The Labute approximate surface area is 608 Å². The second kappa shape index (κ2) is 38.6. The minimum Gasteiger partial charge on any atom is -0.444 e. The number of carbonyl (C=O) groups excluding carboxylic acids is 8. The van der Waals surface area contributed by atoms with Crippen LogP contribution in [0.5, 0.6) is 0 Å². The zero-order valence-electron chi connectivity index (χ0n) is 58.9. The van der Waals surface area contributed by atoms with Gasteiger partial charge in [0.2, 0.25) is 5.91 Å². The monoisotopic (exact) mass is 1450 g/mol. The molecule has 30 heteroatoms. The second-order valence-electron chi connectivity index (χ2n) is 25.2. The number of amides is 8. The highest BCUT2D eigenvalue weighted by Gasteiger charge is 2.30. The number of benzene rings is 4. The predicted molar refractivity (Wildman–Crippen MR) is 386 cm³/mol. The Morgan fingerprint density at radius 1 is 0.425 bits per heavy atom. The number of nitrogens with one attached hydrogen (secondary N) is 6. The molecule has 0 spiro atoms. The molecule has 106 heavy (non-hydrogen) atoms. The van der Waals surface area contributed by atoms with E-state index < -0.39 is 99.0 Å². The molecule has 11 rings (SSSR count). The van der Waals surface area contributed by atoms with E-state index in [-0.39, 0.29) is 140 Å². The van der Waals surface area contributed by atoms with Crippen LogP contribution in [-0.2, 0) is 40.7 Å². The van der Waals surface area contributed by atoms with Gasteiger partial charge in [-0.3, -0.25) is 52.7 Å². The number of rotatable bonds is 21. The number of nitrogens with zero attached hydrogens (tertiary/aromatic N) is 6. The summed E-state index contributed by atoms with van der Waals surface area (Å²) in [5, 5.41) is 15.7. The quantitative estimate of drug-likeness (QED) is 0.0562. The maximum absolute atomic E-state index is 14.9. The zero-order chi connectivity index (χ0) is 75.4. The van der Waals surface area contributed by atoms with Crippen molar-refractivity contribution in [1.82, 2.24) is 60.6 Å². The first-order chi connectivity index (χ1) is 51.2. The molecular weight excluding hydrogens is 1370 g/mol. The zero-order valence-corrected chi connectivity index (χ0v) is 58.9. The molecule has 0 aliphatic carbocycles. The lowest BCUT2D eigenvalue weighted by Crippen LogP contribution is -2.54. The van der Waals surface area contributed by atoms with E-state index in [9.17, 15) is 57.5 Å². The van der Waals surface area contributed by atoms with Gasteiger partial charge in [-0.2, -0.15) is 0 Å². The van der Waals surface area contributed by atoms with E-state index >= 15 is 0 Å². The van der Waals surface area contributed by atoms with Crippen LogP contribution in [0.25, 0.3) is 0 Å². The molecule has 4 aromatic heterocycles. The van der Waals surface area contributed by atoms with Gasteiger partial charge in [-0.05, 0) is 105 Å². The molecule has 6 N–H and O–H groups in total. The molecule has 0 saturated carbocycles. The van der Waals surface area contributed by atoms with Gasteiger partial charge in [0.15, 0.2) is 0 Å². The molecule has 0 radical (unpaired) electrons. The van der Waals surface area contributed by atoms with Gasteiger partial charge in [0, 0.05) is 71.0 Å². The van der Waals surface area contributed by atoms with Gasteiger partial charge >= 0.3 is 6.09 Å². The van der Waals surface area contributed by atoms with Gasteiger partial charge in [-0.25, -0.2) is 4.79 Å². The minimum absolute atomic E-state index is 0.00554. The molecule has 1 unspecified atom stereocenters. The van der Waals surface area contributed by atoms with Crippen LogP contribution in [0.4, 0.5) is 4.79 Å². The van der Waals surface area contributed by atoms with Crippen LogP contribution in [0.3, 0.4) is 0 Å². The Morgan fingerprint density at radius 3 is 1.23 bits per heavy atom. The molecule has 0 saturated heterocycles. The van der Waals surface area contributed by atoms with Crippen LogP contribution in [0.1, 0.15) is 131 Å². The molecular formula is C76H84N12O18. The molecule has 556 valence electrons. The Kier molecular flexibility index (Phi) is 28.2. The number of carbonyl (C=O) groups is 8. The molecule has 8 amide bonds. The standard InChI is InChI=1S/C76H84N12O18/c1-76(2,3)106-75(100)80-41-47-101-46-40-79-68(93)59-48-81-66(91)57-34-36-60(87(71(57)96)104-51-55-26-12-6-13-27-55)69(94)77-38-20-44-83(73(98)62-30-18-32-64(89)85(62)102-49-53-22-8-4-9-23-53)42-16-17-43-84(74(99)63-31-19-33-65(90)86(63)103-50-54-24-10-5-11-25-54)45-21-39-78-70(95)61-37-35-58(67(92)82-59)72(97)88(61)105-52-56-28-14-7-15-29-56/h4-15,18-19,22-37,59H,16-17,20-21,38-52H2,1-3H3,(H,77,94)(H,78,95)(H,79,93)(H,80,100)(H,81,91)(H,82,92). The number of pyridine rings is 4. The lowest BCUT2D eigenvalue weighted by Gasteiger charge is -2.26. The van der Waals surface area contributed by atoms with Gasteiger partial charge < -0.3 is 70.5 Å². The molecule has 4 bridgehead atoms. The Morgan fingerprint density at radius 2 is 0.811 bits per heavy atom. The van der Waals surface area contributed by atoms with Crippen LogP contribution in [0.2, 0.25) is 0 Å². The third kappa shape index (κ3) is 22.5. The summed E-state index contributed by atoms with van der Waals surface area (Å²) >= 11 is 0. The van der Waals surface area contributed by atoms with Crippen LogP contribution in [0.15, 0.2) is 201 Å². The average molecular weight is 1450 g/mol. The second-order valence-corrected chi connectivity index (χ2v) is 25.2. The van der Waals surface area contributed by atoms with Crippen molar-refractivity contribution in [2.45, 2.75) is 84.5 Å². The van der Waals surface area contributed by atoms with E-state index in [2.05, 4.69) is 31.9 Å². The number of fused-ring (bicyclic) bond motifs is 2. The van der Waals surface area contributed by atoms with Gasteiger partial charge in [0.25, 0.3) is 57.7 Å². The molecule has 3 aliphatic heterocycles. The van der Waals surface area contributed by atoms with E-state index in [0.717, 1.165) is 27.7 Å². The minimum atomic E-state index is -1.70. The normalized spacial score (nSPS) is 14.5. The van der Waals surface area contributed by atoms with E-state index in [0.29, 0.717) is 31.7 Å². The molecule has 8 aromatic rings. The van der Waals surface area contributed by atoms with E-state index in [1.165, 1.54) is 52.3 Å². The molecule has 3 aliphatic rings. The third-order valence-corrected chi connectivity index (χ3v) is 16.1. The molecule has 4 aromatic carbocycles. The fourth-order valence-corrected chi connectivity index (χ4v) is 10.8. The van der Waals surface area contributed by atoms with Gasteiger partial charge in [-0.1, -0.05) is 133 Å². The first kappa shape index (κ1) is 77.6. The van der Waals surface area contributed by atoms with E-state index in [4.69, 9.17) is 28.8 Å². The summed E-state index contributed by atoms with van der Waals surface area (Å²) in [5.41, 5.74) is -3.85. The number of aromatic nitrogens is 4. The summed E-state index contributed by atoms with van der Waals surface area (Å²) in [6.45, 7) is 3.20. The van der Waals surface area contributed by atoms with Crippen molar-refractivity contribution >= 4 is 47.4 Å². The predicted octanol–water partition coefficient (Wildman–Crippen LogP) is 3.35. The fourth-order valence-electron chi connectivity index (χ4n) is 10.8. The Hall–Kier alpha value is -12.6. The number of ether oxygens (including phenoxy) is 2. The number of hydrogen-bond acceptors (Lipinski definition) is 18.